The molecule has 1 atom stereocenters. The molecule has 2 rings (SSSR count). The maximum atomic E-state index is 10.7. The van der Waals surface area contributed by atoms with E-state index < -0.39 is 4.92 Å². The lowest BCUT2D eigenvalue weighted by molar-refractivity contribution is -0.384. The Balaban J connectivity index is 2.11. The molecule has 2 aromatic rings. The second-order valence-corrected chi connectivity index (χ2v) is 4.47. The number of fused-ring (bicyclic) bond motifs is 1. The fourth-order valence-corrected chi connectivity index (χ4v) is 1.78. The Morgan fingerprint density at radius 2 is 2.26 bits per heavy atom. The van der Waals surface area contributed by atoms with Crippen molar-refractivity contribution in [3.05, 3.63) is 28.3 Å². The number of benzene rings is 1. The van der Waals surface area contributed by atoms with Gasteiger partial charge < -0.3 is 15.1 Å². The van der Waals surface area contributed by atoms with E-state index in [0.717, 1.165) is 13.1 Å². The summed E-state index contributed by atoms with van der Waals surface area (Å²) in [6.45, 7) is 3.70. The van der Waals surface area contributed by atoms with Gasteiger partial charge in [-0.2, -0.15) is 4.98 Å². The Morgan fingerprint density at radius 1 is 1.47 bits per heavy atom. The fraction of sp³-hybridized carbons (Fsp3) is 0.417. The number of aromatic nitrogens is 1. The molecule has 0 aliphatic carbocycles. The highest BCUT2D eigenvalue weighted by Gasteiger charge is 2.11. The zero-order chi connectivity index (χ0) is 13.8. The largest absolute Gasteiger partial charge is 0.423 e. The highest BCUT2D eigenvalue weighted by atomic mass is 16.6. The molecular weight excluding hydrogens is 248 g/mol. The third kappa shape index (κ3) is 3.19. The number of nitro benzene ring substituents is 1. The van der Waals surface area contributed by atoms with Crippen LogP contribution in [0.25, 0.3) is 11.1 Å². The van der Waals surface area contributed by atoms with Gasteiger partial charge in [-0.1, -0.05) is 6.92 Å². The summed E-state index contributed by atoms with van der Waals surface area (Å²) in [5.74, 6) is 0.425. The zero-order valence-corrected chi connectivity index (χ0v) is 10.8. The molecule has 102 valence electrons. The zero-order valence-electron chi connectivity index (χ0n) is 10.8. The second kappa shape index (κ2) is 5.66. The summed E-state index contributed by atoms with van der Waals surface area (Å²) in [6.07, 6.45) is 0. The van der Waals surface area contributed by atoms with Crippen LogP contribution in [0.3, 0.4) is 0 Å². The SMILES string of the molecule is CNCC(C)CNc1nc2ccc([N+](=O)[O-])cc2o1. The van der Waals surface area contributed by atoms with Crippen molar-refractivity contribution in [1.82, 2.24) is 10.3 Å². The van der Waals surface area contributed by atoms with Crippen LogP contribution in [0.4, 0.5) is 11.7 Å². The summed E-state index contributed by atoms with van der Waals surface area (Å²) >= 11 is 0. The number of anilines is 1. The van der Waals surface area contributed by atoms with E-state index in [9.17, 15) is 10.1 Å². The number of oxazole rings is 1. The maximum absolute atomic E-state index is 10.7. The third-order valence-electron chi connectivity index (χ3n) is 2.74. The highest BCUT2D eigenvalue weighted by molar-refractivity contribution is 5.77. The van der Waals surface area contributed by atoms with Crippen molar-refractivity contribution in [1.29, 1.82) is 0 Å². The minimum atomic E-state index is -0.454. The summed E-state index contributed by atoms with van der Waals surface area (Å²) in [7, 11) is 1.90. The standard InChI is InChI=1S/C12H16N4O3/c1-8(6-13-2)7-14-12-15-10-4-3-9(16(17)18)5-11(10)19-12/h3-5,8,13H,6-7H2,1-2H3,(H,14,15). The van der Waals surface area contributed by atoms with Crippen molar-refractivity contribution < 1.29 is 9.34 Å². The van der Waals surface area contributed by atoms with E-state index in [0.29, 0.717) is 23.0 Å². The third-order valence-corrected chi connectivity index (χ3v) is 2.74. The summed E-state index contributed by atoms with van der Waals surface area (Å²) in [6, 6.07) is 4.76. The van der Waals surface area contributed by atoms with E-state index in [2.05, 4.69) is 22.5 Å². The summed E-state index contributed by atoms with van der Waals surface area (Å²) < 4.78 is 5.44. The monoisotopic (exact) mass is 264 g/mol. The van der Waals surface area contributed by atoms with Crippen LogP contribution in [-0.2, 0) is 0 Å². The molecule has 0 saturated carbocycles. The molecule has 19 heavy (non-hydrogen) atoms. The van der Waals surface area contributed by atoms with E-state index in [1.807, 2.05) is 7.05 Å². The minimum Gasteiger partial charge on any atom is -0.423 e. The molecule has 7 heteroatoms. The Labute approximate surface area is 110 Å². The number of nitrogens with one attached hydrogen (secondary N) is 2. The van der Waals surface area contributed by atoms with Crippen molar-refractivity contribution >= 4 is 22.8 Å². The molecule has 0 saturated heterocycles. The average Bonchev–Trinajstić information content (AvgIpc) is 2.78. The Hall–Kier alpha value is -2.15. The number of hydrogen-bond acceptors (Lipinski definition) is 6. The van der Waals surface area contributed by atoms with Gasteiger partial charge in [0.1, 0.15) is 5.52 Å². The molecule has 0 aliphatic rings. The summed E-state index contributed by atoms with van der Waals surface area (Å²) in [5, 5.41) is 16.8. The number of hydrogen-bond donors (Lipinski definition) is 2. The molecule has 0 amide bonds. The van der Waals surface area contributed by atoms with Gasteiger partial charge in [0, 0.05) is 12.6 Å². The lowest BCUT2D eigenvalue weighted by Crippen LogP contribution is -2.22. The highest BCUT2D eigenvalue weighted by Crippen LogP contribution is 2.23. The quantitative estimate of drug-likeness (QED) is 0.612. The van der Waals surface area contributed by atoms with Crippen molar-refractivity contribution in [3.63, 3.8) is 0 Å². The molecule has 0 bridgehead atoms. The van der Waals surface area contributed by atoms with Crippen molar-refractivity contribution in [2.24, 2.45) is 5.92 Å². The van der Waals surface area contributed by atoms with Gasteiger partial charge in [-0.05, 0) is 25.6 Å². The first-order chi connectivity index (χ1) is 9.10. The Kier molecular flexibility index (Phi) is 3.96. The predicted octanol–water partition coefficient (Wildman–Crippen LogP) is 2.00. The van der Waals surface area contributed by atoms with Crippen LogP contribution in [-0.4, -0.2) is 30.0 Å². The minimum absolute atomic E-state index is 0.00116. The molecule has 0 radical (unpaired) electrons. The van der Waals surface area contributed by atoms with Crippen LogP contribution in [0.2, 0.25) is 0 Å². The lowest BCUT2D eigenvalue weighted by Gasteiger charge is -2.09. The van der Waals surface area contributed by atoms with Crippen LogP contribution >= 0.6 is 0 Å². The molecule has 2 N–H and O–H groups in total. The first kappa shape index (κ1) is 13.3. The van der Waals surface area contributed by atoms with Gasteiger partial charge in [0.25, 0.3) is 11.7 Å². The Bertz CT molecular complexity index is 581. The molecule has 1 aromatic heterocycles. The second-order valence-electron chi connectivity index (χ2n) is 4.47. The van der Waals surface area contributed by atoms with Gasteiger partial charge in [-0.25, -0.2) is 0 Å². The molecule has 1 aromatic carbocycles. The van der Waals surface area contributed by atoms with Gasteiger partial charge in [-0.15, -0.1) is 0 Å². The van der Waals surface area contributed by atoms with Crippen molar-refractivity contribution in [2.45, 2.75) is 6.92 Å². The average molecular weight is 264 g/mol. The van der Waals surface area contributed by atoms with E-state index in [1.54, 1.807) is 6.07 Å². The first-order valence-corrected chi connectivity index (χ1v) is 6.03. The van der Waals surface area contributed by atoms with Crippen molar-refractivity contribution in [3.8, 4) is 0 Å². The molecule has 1 heterocycles. The van der Waals surface area contributed by atoms with Crippen molar-refractivity contribution in [2.75, 3.05) is 25.5 Å². The number of non-ortho nitro benzene ring substituents is 1. The van der Waals surface area contributed by atoms with Crippen LogP contribution in [0, 0.1) is 16.0 Å². The van der Waals surface area contributed by atoms with E-state index in [1.165, 1.54) is 12.1 Å². The van der Waals surface area contributed by atoms with Gasteiger partial charge in [-0.3, -0.25) is 10.1 Å². The number of nitro groups is 1. The molecule has 0 aliphatic heterocycles. The molecule has 7 nitrogen and oxygen atoms in total. The van der Waals surface area contributed by atoms with Crippen LogP contribution < -0.4 is 10.6 Å². The predicted molar refractivity (Wildman–Crippen MR) is 72.2 cm³/mol. The molecular formula is C12H16N4O3. The maximum Gasteiger partial charge on any atom is 0.295 e. The fourth-order valence-electron chi connectivity index (χ4n) is 1.78. The molecule has 0 spiro atoms. The van der Waals surface area contributed by atoms with E-state index in [-0.39, 0.29) is 5.69 Å². The normalized spacial score (nSPS) is 12.5. The smallest absolute Gasteiger partial charge is 0.295 e. The number of nitrogens with zero attached hydrogens (tertiary/aromatic N) is 2. The van der Waals surface area contributed by atoms with Gasteiger partial charge in [0.15, 0.2) is 5.58 Å². The van der Waals surface area contributed by atoms with Gasteiger partial charge in [0.05, 0.1) is 11.0 Å². The van der Waals surface area contributed by atoms with Gasteiger partial charge in [0.2, 0.25) is 0 Å². The summed E-state index contributed by atoms with van der Waals surface area (Å²) in [4.78, 5) is 14.4. The first-order valence-electron chi connectivity index (χ1n) is 6.03. The molecule has 1 unspecified atom stereocenters. The lowest BCUT2D eigenvalue weighted by atomic mass is 10.2. The topological polar surface area (TPSA) is 93.2 Å². The van der Waals surface area contributed by atoms with Crippen LogP contribution in [0.1, 0.15) is 6.92 Å². The summed E-state index contributed by atoms with van der Waals surface area (Å²) in [5.41, 5.74) is 1.02. The van der Waals surface area contributed by atoms with Crippen LogP contribution in [0.15, 0.2) is 22.6 Å². The Morgan fingerprint density at radius 3 is 2.95 bits per heavy atom. The number of rotatable bonds is 6. The molecule has 0 fully saturated rings. The van der Waals surface area contributed by atoms with Crippen LogP contribution in [0.5, 0.6) is 0 Å². The van der Waals surface area contributed by atoms with E-state index in [4.69, 9.17) is 4.42 Å². The van der Waals surface area contributed by atoms with E-state index >= 15 is 0 Å². The van der Waals surface area contributed by atoms with Gasteiger partial charge >= 0.3 is 0 Å².